The second-order valence-corrected chi connectivity index (χ2v) is 4.84. The number of aliphatic hydroxyl groups excluding tert-OH is 1. The van der Waals surface area contributed by atoms with Crippen molar-refractivity contribution >= 4 is 17.3 Å². The minimum atomic E-state index is -1.20. The Morgan fingerprint density at radius 3 is 2.35 bits per heavy atom. The second kappa shape index (κ2) is 7.90. The van der Waals surface area contributed by atoms with E-state index in [4.69, 9.17) is 0 Å². The summed E-state index contributed by atoms with van der Waals surface area (Å²) < 4.78 is 0. The lowest BCUT2D eigenvalue weighted by Crippen LogP contribution is -2.33. The molecule has 1 atom stereocenters. The van der Waals surface area contributed by atoms with Crippen LogP contribution in [0.4, 0.5) is 11.4 Å². The Hall–Kier alpha value is -2.93. The van der Waals surface area contributed by atoms with Gasteiger partial charge in [-0.05, 0) is 17.7 Å². The molecule has 1 unspecified atom stereocenters. The van der Waals surface area contributed by atoms with Gasteiger partial charge in [-0.15, -0.1) is 0 Å². The number of carbonyl (C=O) groups is 1. The number of hydrogen-bond donors (Lipinski definition) is 3. The van der Waals surface area contributed by atoms with Gasteiger partial charge in [0.25, 0.3) is 11.6 Å². The predicted octanol–water partition coefficient (Wildman–Crippen LogP) is 1.86. The third-order valence-electron chi connectivity index (χ3n) is 3.20. The van der Waals surface area contributed by atoms with Crippen LogP contribution in [0.3, 0.4) is 0 Å². The molecule has 0 radical (unpaired) electrons. The molecule has 7 heteroatoms. The number of nitro benzene ring substituents is 1. The summed E-state index contributed by atoms with van der Waals surface area (Å²) in [4.78, 5) is 21.9. The van der Waals surface area contributed by atoms with Gasteiger partial charge in [0, 0.05) is 30.9 Å². The van der Waals surface area contributed by atoms with E-state index in [1.807, 2.05) is 6.07 Å². The fraction of sp³-hybridized carbons (Fsp3) is 0.188. The van der Waals surface area contributed by atoms with Crippen molar-refractivity contribution < 1.29 is 14.8 Å². The molecule has 2 aromatic rings. The highest BCUT2D eigenvalue weighted by Gasteiger charge is 2.15. The molecule has 3 N–H and O–H groups in total. The number of carbonyl (C=O) groups excluding carboxylic acids is 1. The first-order valence-electron chi connectivity index (χ1n) is 7.07. The van der Waals surface area contributed by atoms with E-state index in [1.165, 1.54) is 12.1 Å². The molecule has 0 saturated carbocycles. The monoisotopic (exact) mass is 315 g/mol. The van der Waals surface area contributed by atoms with E-state index in [0.717, 1.165) is 0 Å². The summed E-state index contributed by atoms with van der Waals surface area (Å²) in [5.74, 6) is -0.471. The fourth-order valence-electron chi connectivity index (χ4n) is 1.98. The maximum absolute atomic E-state index is 11.8. The molecule has 0 heterocycles. The Morgan fingerprint density at radius 1 is 1.09 bits per heavy atom. The Morgan fingerprint density at radius 2 is 1.74 bits per heavy atom. The highest BCUT2D eigenvalue weighted by Crippen LogP contribution is 2.15. The second-order valence-electron chi connectivity index (χ2n) is 4.84. The molecule has 1 amide bonds. The van der Waals surface area contributed by atoms with E-state index in [9.17, 15) is 20.0 Å². The van der Waals surface area contributed by atoms with Gasteiger partial charge in [0.15, 0.2) is 6.10 Å². The van der Waals surface area contributed by atoms with Crippen molar-refractivity contribution in [2.75, 3.05) is 18.4 Å². The molecule has 120 valence electrons. The first-order valence-corrected chi connectivity index (χ1v) is 7.07. The number of anilines is 1. The number of amides is 1. The summed E-state index contributed by atoms with van der Waals surface area (Å²) in [6, 6.07) is 14.7. The van der Waals surface area contributed by atoms with Gasteiger partial charge in [-0.3, -0.25) is 14.9 Å². The van der Waals surface area contributed by atoms with Crippen molar-refractivity contribution in [3.63, 3.8) is 0 Å². The van der Waals surface area contributed by atoms with Crippen LogP contribution in [0, 0.1) is 10.1 Å². The number of benzene rings is 2. The van der Waals surface area contributed by atoms with Gasteiger partial charge >= 0.3 is 0 Å². The zero-order valence-corrected chi connectivity index (χ0v) is 12.3. The molecule has 0 aliphatic heterocycles. The van der Waals surface area contributed by atoms with Crippen molar-refractivity contribution in [1.82, 2.24) is 5.32 Å². The SMILES string of the molecule is O=C(NCCNc1ccc([N+](=O)[O-])cc1)C(O)c1ccccc1. The lowest BCUT2D eigenvalue weighted by molar-refractivity contribution is -0.384. The predicted molar refractivity (Wildman–Crippen MR) is 86.0 cm³/mol. The summed E-state index contributed by atoms with van der Waals surface area (Å²) in [7, 11) is 0. The van der Waals surface area contributed by atoms with E-state index >= 15 is 0 Å². The van der Waals surface area contributed by atoms with Crippen LogP contribution >= 0.6 is 0 Å². The molecule has 0 aromatic heterocycles. The summed E-state index contributed by atoms with van der Waals surface area (Å²) in [6.45, 7) is 0.755. The maximum atomic E-state index is 11.8. The van der Waals surface area contributed by atoms with Crippen molar-refractivity contribution in [2.45, 2.75) is 6.10 Å². The Bertz CT molecular complexity index is 659. The molecule has 23 heavy (non-hydrogen) atoms. The topological polar surface area (TPSA) is 104 Å². The zero-order chi connectivity index (χ0) is 16.7. The van der Waals surface area contributed by atoms with Crippen LogP contribution in [0.2, 0.25) is 0 Å². The standard InChI is InChI=1S/C16H17N3O4/c20-15(12-4-2-1-3-5-12)16(21)18-11-10-17-13-6-8-14(9-7-13)19(22)23/h1-9,15,17,20H,10-11H2,(H,18,21). The van der Waals surface area contributed by atoms with Gasteiger partial charge in [-0.2, -0.15) is 0 Å². The summed E-state index contributed by atoms with van der Waals surface area (Å²) in [5, 5.41) is 26.1. The summed E-state index contributed by atoms with van der Waals surface area (Å²) in [5.41, 5.74) is 1.27. The number of nitrogens with zero attached hydrogens (tertiary/aromatic N) is 1. The Balaban J connectivity index is 1.74. The van der Waals surface area contributed by atoms with Crippen molar-refractivity contribution in [3.8, 4) is 0 Å². The summed E-state index contributed by atoms with van der Waals surface area (Å²) >= 11 is 0. The van der Waals surface area contributed by atoms with Crippen molar-refractivity contribution in [2.24, 2.45) is 0 Å². The van der Waals surface area contributed by atoms with Gasteiger partial charge in [-0.25, -0.2) is 0 Å². The lowest BCUT2D eigenvalue weighted by atomic mass is 10.1. The normalized spacial score (nSPS) is 11.5. The van der Waals surface area contributed by atoms with E-state index in [0.29, 0.717) is 24.3 Å². The summed E-state index contributed by atoms with van der Waals surface area (Å²) in [6.07, 6.45) is -1.20. The van der Waals surface area contributed by atoms with Crippen LogP contribution in [0.25, 0.3) is 0 Å². The van der Waals surface area contributed by atoms with E-state index in [-0.39, 0.29) is 5.69 Å². The van der Waals surface area contributed by atoms with Crippen LogP contribution in [0.1, 0.15) is 11.7 Å². The number of rotatable bonds is 7. The largest absolute Gasteiger partial charge is 0.383 e. The average Bonchev–Trinajstić information content (AvgIpc) is 2.59. The number of nitrogens with one attached hydrogen (secondary N) is 2. The third-order valence-corrected chi connectivity index (χ3v) is 3.20. The maximum Gasteiger partial charge on any atom is 0.269 e. The zero-order valence-electron chi connectivity index (χ0n) is 12.3. The highest BCUT2D eigenvalue weighted by atomic mass is 16.6. The molecule has 7 nitrogen and oxygen atoms in total. The minimum absolute atomic E-state index is 0.0230. The van der Waals surface area contributed by atoms with Gasteiger partial charge in [0.1, 0.15) is 0 Å². The minimum Gasteiger partial charge on any atom is -0.383 e. The molecule has 0 aliphatic rings. The van der Waals surface area contributed by atoms with E-state index in [1.54, 1.807) is 36.4 Å². The molecular weight excluding hydrogens is 298 g/mol. The van der Waals surface area contributed by atoms with Gasteiger partial charge < -0.3 is 15.7 Å². The van der Waals surface area contributed by atoms with Gasteiger partial charge in [0.2, 0.25) is 0 Å². The fourth-order valence-corrected chi connectivity index (χ4v) is 1.98. The van der Waals surface area contributed by atoms with E-state index in [2.05, 4.69) is 10.6 Å². The van der Waals surface area contributed by atoms with Crippen LogP contribution in [0.15, 0.2) is 54.6 Å². The van der Waals surface area contributed by atoms with Gasteiger partial charge in [-0.1, -0.05) is 30.3 Å². The number of non-ortho nitro benzene ring substituents is 1. The first kappa shape index (κ1) is 16.4. The molecule has 0 saturated heterocycles. The average molecular weight is 315 g/mol. The van der Waals surface area contributed by atoms with Crippen molar-refractivity contribution in [1.29, 1.82) is 0 Å². The van der Waals surface area contributed by atoms with Crippen LogP contribution in [-0.2, 0) is 4.79 Å². The highest BCUT2D eigenvalue weighted by molar-refractivity contribution is 5.81. The van der Waals surface area contributed by atoms with Crippen LogP contribution < -0.4 is 10.6 Å². The van der Waals surface area contributed by atoms with Gasteiger partial charge in [0.05, 0.1) is 4.92 Å². The third kappa shape index (κ3) is 4.79. The molecule has 0 fully saturated rings. The van der Waals surface area contributed by atoms with Crippen molar-refractivity contribution in [3.05, 3.63) is 70.3 Å². The molecule has 0 spiro atoms. The number of aliphatic hydroxyl groups is 1. The molecule has 2 rings (SSSR count). The molecule has 0 bridgehead atoms. The van der Waals surface area contributed by atoms with Crippen LogP contribution in [-0.4, -0.2) is 29.0 Å². The smallest absolute Gasteiger partial charge is 0.269 e. The molecule has 2 aromatic carbocycles. The quantitative estimate of drug-likeness (QED) is 0.411. The lowest BCUT2D eigenvalue weighted by Gasteiger charge is -2.12. The molecular formula is C16H17N3O4. The van der Waals surface area contributed by atoms with Crippen LogP contribution in [0.5, 0.6) is 0 Å². The first-order chi connectivity index (χ1) is 11.1. The number of hydrogen-bond acceptors (Lipinski definition) is 5. The number of nitro groups is 1. The Kier molecular flexibility index (Phi) is 5.65. The Labute approximate surface area is 133 Å². The molecule has 0 aliphatic carbocycles. The van der Waals surface area contributed by atoms with E-state index < -0.39 is 16.9 Å².